The van der Waals surface area contributed by atoms with Gasteiger partial charge in [0.2, 0.25) is 11.8 Å². The second-order valence-corrected chi connectivity index (χ2v) is 6.57. The summed E-state index contributed by atoms with van der Waals surface area (Å²) in [5, 5.41) is 2.87. The molecular weight excluding hydrogens is 368 g/mol. The SMILES string of the molecule is CCCN(CC(=O)Nc1ccccc1C)C(=O)/C=C/c1ccc(OC)c(OC)c1. The van der Waals surface area contributed by atoms with Crippen LogP contribution in [0.25, 0.3) is 6.08 Å². The Labute approximate surface area is 172 Å². The summed E-state index contributed by atoms with van der Waals surface area (Å²) in [6.45, 7) is 4.39. The lowest BCUT2D eigenvalue weighted by Crippen LogP contribution is -2.37. The molecule has 0 saturated heterocycles. The minimum Gasteiger partial charge on any atom is -0.493 e. The summed E-state index contributed by atoms with van der Waals surface area (Å²) in [5.41, 5.74) is 2.53. The van der Waals surface area contributed by atoms with E-state index in [1.165, 1.54) is 11.0 Å². The molecule has 6 nitrogen and oxygen atoms in total. The standard InChI is InChI=1S/C23H28N2O4/c1-5-14-25(16-22(26)24-19-9-7-6-8-17(19)2)23(27)13-11-18-10-12-20(28-3)21(15-18)29-4/h6-13,15H,5,14,16H2,1-4H3,(H,24,26)/b13-11+. The number of hydrogen-bond acceptors (Lipinski definition) is 4. The molecule has 0 unspecified atom stereocenters. The molecular formula is C23H28N2O4. The Balaban J connectivity index is 2.05. The van der Waals surface area contributed by atoms with E-state index in [1.807, 2.05) is 44.2 Å². The van der Waals surface area contributed by atoms with Crippen molar-refractivity contribution in [2.24, 2.45) is 0 Å². The van der Waals surface area contributed by atoms with Crippen LogP contribution in [0.15, 0.2) is 48.5 Å². The van der Waals surface area contributed by atoms with Crippen LogP contribution in [0, 0.1) is 6.92 Å². The van der Waals surface area contributed by atoms with Gasteiger partial charge in [-0.2, -0.15) is 0 Å². The summed E-state index contributed by atoms with van der Waals surface area (Å²) in [6, 6.07) is 13.0. The fourth-order valence-electron chi connectivity index (χ4n) is 2.84. The zero-order chi connectivity index (χ0) is 21.2. The van der Waals surface area contributed by atoms with Gasteiger partial charge in [0.25, 0.3) is 0 Å². The number of rotatable bonds is 9. The number of para-hydroxylation sites is 1. The average molecular weight is 396 g/mol. The molecule has 1 N–H and O–H groups in total. The minimum absolute atomic E-state index is 0.00270. The van der Waals surface area contributed by atoms with Crippen LogP contribution >= 0.6 is 0 Å². The predicted octanol–water partition coefficient (Wildman–Crippen LogP) is 3.90. The van der Waals surface area contributed by atoms with E-state index in [9.17, 15) is 9.59 Å². The van der Waals surface area contributed by atoms with Crippen LogP contribution in [0.1, 0.15) is 24.5 Å². The topological polar surface area (TPSA) is 67.9 Å². The lowest BCUT2D eigenvalue weighted by molar-refractivity contribution is -0.130. The summed E-state index contributed by atoms with van der Waals surface area (Å²) < 4.78 is 10.5. The predicted molar refractivity (Wildman–Crippen MR) is 115 cm³/mol. The number of anilines is 1. The van der Waals surface area contributed by atoms with Crippen molar-refractivity contribution in [2.45, 2.75) is 20.3 Å². The fraction of sp³-hybridized carbons (Fsp3) is 0.304. The highest BCUT2D eigenvalue weighted by molar-refractivity contribution is 5.98. The summed E-state index contributed by atoms with van der Waals surface area (Å²) in [4.78, 5) is 26.6. The van der Waals surface area contributed by atoms with Crippen molar-refractivity contribution >= 4 is 23.6 Å². The Morgan fingerprint density at radius 3 is 2.45 bits per heavy atom. The van der Waals surface area contributed by atoms with Gasteiger partial charge in [-0.1, -0.05) is 31.2 Å². The quantitative estimate of drug-likeness (QED) is 0.653. The van der Waals surface area contributed by atoms with Crippen molar-refractivity contribution in [1.29, 1.82) is 0 Å². The molecule has 0 aliphatic carbocycles. The molecule has 0 aliphatic rings. The molecule has 2 aromatic carbocycles. The first-order valence-electron chi connectivity index (χ1n) is 9.53. The van der Waals surface area contributed by atoms with Gasteiger partial charge in [-0.15, -0.1) is 0 Å². The van der Waals surface area contributed by atoms with Crippen LogP contribution in [-0.4, -0.2) is 44.0 Å². The molecule has 0 atom stereocenters. The minimum atomic E-state index is -0.222. The number of nitrogens with zero attached hydrogens (tertiary/aromatic N) is 1. The van der Waals surface area contributed by atoms with Gasteiger partial charge >= 0.3 is 0 Å². The molecule has 0 fully saturated rings. The Morgan fingerprint density at radius 1 is 1.07 bits per heavy atom. The first kappa shape index (κ1) is 22.0. The molecule has 2 amide bonds. The lowest BCUT2D eigenvalue weighted by Gasteiger charge is -2.20. The number of carbonyl (C=O) groups excluding carboxylic acids is 2. The van der Waals surface area contributed by atoms with Gasteiger partial charge in [0.05, 0.1) is 14.2 Å². The van der Waals surface area contributed by atoms with Gasteiger partial charge in [0.15, 0.2) is 11.5 Å². The lowest BCUT2D eigenvalue weighted by atomic mass is 10.2. The van der Waals surface area contributed by atoms with Crippen LogP contribution in [-0.2, 0) is 9.59 Å². The first-order valence-corrected chi connectivity index (χ1v) is 9.53. The zero-order valence-electron chi connectivity index (χ0n) is 17.4. The first-order chi connectivity index (χ1) is 14.0. The van der Waals surface area contributed by atoms with Crippen LogP contribution < -0.4 is 14.8 Å². The molecule has 2 aromatic rings. The van der Waals surface area contributed by atoms with Crippen LogP contribution in [0.4, 0.5) is 5.69 Å². The normalized spacial score (nSPS) is 10.6. The number of aryl methyl sites for hydroxylation is 1. The molecule has 154 valence electrons. The van der Waals surface area contributed by atoms with E-state index < -0.39 is 0 Å². The highest BCUT2D eigenvalue weighted by Gasteiger charge is 2.15. The van der Waals surface area contributed by atoms with Crippen molar-refractivity contribution in [1.82, 2.24) is 4.90 Å². The molecule has 0 heterocycles. The highest BCUT2D eigenvalue weighted by Crippen LogP contribution is 2.28. The van der Waals surface area contributed by atoms with Crippen LogP contribution in [0.2, 0.25) is 0 Å². The van der Waals surface area contributed by atoms with Crippen molar-refractivity contribution in [3.8, 4) is 11.5 Å². The third kappa shape index (κ3) is 6.38. The van der Waals surface area contributed by atoms with E-state index in [2.05, 4.69) is 5.32 Å². The zero-order valence-corrected chi connectivity index (χ0v) is 17.4. The molecule has 0 aliphatic heterocycles. The molecule has 0 bridgehead atoms. The highest BCUT2D eigenvalue weighted by atomic mass is 16.5. The van der Waals surface area contributed by atoms with E-state index in [4.69, 9.17) is 9.47 Å². The summed E-state index contributed by atoms with van der Waals surface area (Å²) in [5.74, 6) is 0.767. The molecule has 0 spiro atoms. The van der Waals surface area contributed by atoms with Crippen LogP contribution in [0.5, 0.6) is 11.5 Å². The van der Waals surface area contributed by atoms with Gasteiger partial charge < -0.3 is 19.7 Å². The molecule has 2 rings (SSSR count). The van der Waals surface area contributed by atoms with Crippen molar-refractivity contribution in [3.63, 3.8) is 0 Å². The number of benzene rings is 2. The smallest absolute Gasteiger partial charge is 0.247 e. The molecule has 0 radical (unpaired) electrons. The molecule has 6 heteroatoms. The Hall–Kier alpha value is -3.28. The van der Waals surface area contributed by atoms with Gasteiger partial charge in [0.1, 0.15) is 6.54 Å². The van der Waals surface area contributed by atoms with E-state index in [0.29, 0.717) is 18.0 Å². The Morgan fingerprint density at radius 2 is 1.79 bits per heavy atom. The van der Waals surface area contributed by atoms with E-state index in [1.54, 1.807) is 32.4 Å². The fourth-order valence-corrected chi connectivity index (χ4v) is 2.84. The maximum absolute atomic E-state index is 12.6. The number of nitrogens with one attached hydrogen (secondary N) is 1. The second-order valence-electron chi connectivity index (χ2n) is 6.57. The van der Waals surface area contributed by atoms with Crippen LogP contribution in [0.3, 0.4) is 0 Å². The molecule has 0 saturated carbocycles. The van der Waals surface area contributed by atoms with E-state index in [-0.39, 0.29) is 18.4 Å². The summed E-state index contributed by atoms with van der Waals surface area (Å²) in [6.07, 6.45) is 3.93. The van der Waals surface area contributed by atoms with E-state index in [0.717, 1.165) is 23.2 Å². The average Bonchev–Trinajstić information content (AvgIpc) is 2.73. The summed E-state index contributed by atoms with van der Waals surface area (Å²) >= 11 is 0. The largest absolute Gasteiger partial charge is 0.493 e. The van der Waals surface area contributed by atoms with Gasteiger partial charge in [0, 0.05) is 18.3 Å². The number of carbonyl (C=O) groups is 2. The number of methoxy groups -OCH3 is 2. The molecule has 0 aromatic heterocycles. The van der Waals surface area contributed by atoms with Gasteiger partial charge in [-0.3, -0.25) is 9.59 Å². The third-order valence-corrected chi connectivity index (χ3v) is 4.38. The monoisotopic (exact) mass is 396 g/mol. The van der Waals surface area contributed by atoms with E-state index >= 15 is 0 Å². The molecule has 29 heavy (non-hydrogen) atoms. The summed E-state index contributed by atoms with van der Waals surface area (Å²) in [7, 11) is 3.13. The van der Waals surface area contributed by atoms with Crippen molar-refractivity contribution in [2.75, 3.05) is 32.6 Å². The maximum Gasteiger partial charge on any atom is 0.247 e. The van der Waals surface area contributed by atoms with Gasteiger partial charge in [-0.25, -0.2) is 0 Å². The third-order valence-electron chi connectivity index (χ3n) is 4.38. The van der Waals surface area contributed by atoms with Crippen molar-refractivity contribution in [3.05, 3.63) is 59.7 Å². The van der Waals surface area contributed by atoms with Gasteiger partial charge in [-0.05, 0) is 48.7 Å². The Kier molecular flexibility index (Phi) is 8.27. The number of ether oxygens (including phenoxy) is 2. The number of hydrogen-bond donors (Lipinski definition) is 1. The number of amides is 2. The van der Waals surface area contributed by atoms with Crippen molar-refractivity contribution < 1.29 is 19.1 Å². The maximum atomic E-state index is 12.6. The Bertz CT molecular complexity index is 877. The second kappa shape index (κ2) is 10.9.